The molecule has 0 radical (unpaired) electrons. The number of carbonyl (C=O) groups excluding carboxylic acids is 1. The molecular weight excluding hydrogens is 350 g/mol. The van der Waals surface area contributed by atoms with Crippen molar-refractivity contribution in [3.63, 3.8) is 0 Å². The zero-order chi connectivity index (χ0) is 15.6. The zero-order valence-electron chi connectivity index (χ0n) is 10.3. The van der Waals surface area contributed by atoms with Crippen LogP contribution in [-0.2, 0) is 0 Å². The van der Waals surface area contributed by atoms with Crippen LogP contribution in [-0.4, -0.2) is 10.8 Å². The molecule has 21 heavy (non-hydrogen) atoms. The summed E-state index contributed by atoms with van der Waals surface area (Å²) < 4.78 is 26.6. The topological polar surface area (TPSA) is 72.2 Å². The monoisotopic (exact) mass is 356 g/mol. The molecule has 108 valence electrons. The minimum atomic E-state index is -1.06. The maximum atomic E-state index is 13.4. The molecule has 0 aliphatic carbocycles. The third kappa shape index (κ3) is 3.40. The summed E-state index contributed by atoms with van der Waals surface area (Å²) in [6, 6.07) is 6.64. The Labute approximate surface area is 125 Å². The number of nitro benzene ring substituents is 1. The number of benzene rings is 2. The number of anilines is 1. The first-order chi connectivity index (χ1) is 9.88. The summed E-state index contributed by atoms with van der Waals surface area (Å²) >= 11 is 2.95. The van der Waals surface area contributed by atoms with Crippen molar-refractivity contribution in [1.29, 1.82) is 0 Å². The van der Waals surface area contributed by atoms with Gasteiger partial charge in [0.25, 0.3) is 5.91 Å². The number of nitrogens with one attached hydrogen (secondary N) is 1. The normalized spacial score (nSPS) is 10.2. The average Bonchev–Trinajstić information content (AvgIpc) is 2.41. The molecule has 0 atom stereocenters. The number of amides is 1. The Hall–Kier alpha value is -2.35. The van der Waals surface area contributed by atoms with E-state index in [1.807, 2.05) is 0 Å². The van der Waals surface area contributed by atoms with Crippen molar-refractivity contribution in [1.82, 2.24) is 0 Å². The fraction of sp³-hybridized carbons (Fsp3) is 0. The van der Waals surface area contributed by atoms with E-state index in [-0.39, 0.29) is 15.7 Å². The van der Waals surface area contributed by atoms with Gasteiger partial charge in [-0.3, -0.25) is 14.9 Å². The number of halogens is 3. The highest BCUT2D eigenvalue weighted by molar-refractivity contribution is 9.10. The highest BCUT2D eigenvalue weighted by Gasteiger charge is 2.15. The van der Waals surface area contributed by atoms with Gasteiger partial charge in [-0.1, -0.05) is 0 Å². The van der Waals surface area contributed by atoms with Gasteiger partial charge in [0.1, 0.15) is 5.82 Å². The molecule has 2 aromatic carbocycles. The lowest BCUT2D eigenvalue weighted by Gasteiger charge is -2.06. The minimum Gasteiger partial charge on any atom is -0.322 e. The Kier molecular flexibility index (Phi) is 4.27. The van der Waals surface area contributed by atoms with E-state index in [9.17, 15) is 23.7 Å². The second-order valence-electron chi connectivity index (χ2n) is 4.01. The van der Waals surface area contributed by atoms with E-state index in [4.69, 9.17) is 0 Å². The van der Waals surface area contributed by atoms with Crippen LogP contribution in [0.1, 0.15) is 10.4 Å². The molecule has 0 heterocycles. The van der Waals surface area contributed by atoms with Gasteiger partial charge in [-0.05, 0) is 40.2 Å². The lowest BCUT2D eigenvalue weighted by molar-refractivity contribution is -0.387. The second kappa shape index (κ2) is 5.96. The Bertz CT molecular complexity index is 737. The minimum absolute atomic E-state index is 0.0588. The molecule has 1 N–H and O–H groups in total. The molecule has 0 aromatic heterocycles. The number of carbonyl (C=O) groups is 1. The van der Waals surface area contributed by atoms with Crippen molar-refractivity contribution in [2.45, 2.75) is 0 Å². The third-order valence-electron chi connectivity index (χ3n) is 2.58. The predicted octanol–water partition coefficient (Wildman–Crippen LogP) is 3.89. The highest BCUT2D eigenvalue weighted by Crippen LogP contribution is 2.22. The summed E-state index contributed by atoms with van der Waals surface area (Å²) in [5.74, 6) is -2.17. The predicted molar refractivity (Wildman–Crippen MR) is 75.1 cm³/mol. The third-order valence-corrected chi connectivity index (χ3v) is 3.19. The molecule has 0 aliphatic heterocycles. The largest absolute Gasteiger partial charge is 0.322 e. The molecule has 2 rings (SSSR count). The van der Waals surface area contributed by atoms with Crippen LogP contribution in [0.15, 0.2) is 40.9 Å². The average molecular weight is 357 g/mol. The smallest absolute Gasteiger partial charge is 0.304 e. The number of nitro groups is 1. The standard InChI is InChI=1S/C13H7BrF2N2O3/c14-9-5-7(1-3-10(9)15)13(19)17-8-2-4-12(18(20)21)11(16)6-8/h1-6H,(H,17,19). The fourth-order valence-electron chi connectivity index (χ4n) is 1.57. The quantitative estimate of drug-likeness (QED) is 0.669. The van der Waals surface area contributed by atoms with Crippen molar-refractivity contribution >= 4 is 33.2 Å². The van der Waals surface area contributed by atoms with Crippen LogP contribution in [0.2, 0.25) is 0 Å². The van der Waals surface area contributed by atoms with Crippen molar-refractivity contribution in [3.8, 4) is 0 Å². The maximum Gasteiger partial charge on any atom is 0.304 e. The first-order valence-electron chi connectivity index (χ1n) is 5.59. The Morgan fingerprint density at radius 1 is 1.14 bits per heavy atom. The number of hydrogen-bond donors (Lipinski definition) is 1. The van der Waals surface area contributed by atoms with Crippen molar-refractivity contribution in [3.05, 3.63) is 68.2 Å². The molecule has 0 aliphatic rings. The summed E-state index contributed by atoms with van der Waals surface area (Å²) in [6.07, 6.45) is 0. The van der Waals surface area contributed by atoms with Gasteiger partial charge in [-0.2, -0.15) is 4.39 Å². The molecule has 2 aromatic rings. The Morgan fingerprint density at radius 2 is 1.86 bits per heavy atom. The fourth-order valence-corrected chi connectivity index (χ4v) is 1.95. The van der Waals surface area contributed by atoms with Gasteiger partial charge in [0, 0.05) is 23.4 Å². The van der Waals surface area contributed by atoms with Gasteiger partial charge < -0.3 is 5.32 Å². The van der Waals surface area contributed by atoms with Gasteiger partial charge >= 0.3 is 5.69 Å². The molecule has 1 amide bonds. The van der Waals surface area contributed by atoms with Crippen LogP contribution < -0.4 is 5.32 Å². The van der Waals surface area contributed by atoms with Gasteiger partial charge in [-0.25, -0.2) is 4.39 Å². The first-order valence-corrected chi connectivity index (χ1v) is 6.38. The summed E-state index contributed by atoms with van der Waals surface area (Å²) in [4.78, 5) is 21.5. The molecule has 0 fully saturated rings. The number of nitrogens with zero attached hydrogens (tertiary/aromatic N) is 1. The Balaban J connectivity index is 2.21. The van der Waals surface area contributed by atoms with Crippen molar-refractivity contribution < 1.29 is 18.5 Å². The van der Waals surface area contributed by atoms with Gasteiger partial charge in [-0.15, -0.1) is 0 Å². The van der Waals surface area contributed by atoms with Gasteiger partial charge in [0.05, 0.1) is 9.40 Å². The van der Waals surface area contributed by atoms with E-state index < -0.39 is 28.2 Å². The molecule has 0 saturated heterocycles. The van der Waals surface area contributed by atoms with Gasteiger partial charge in [0.15, 0.2) is 0 Å². The van der Waals surface area contributed by atoms with E-state index in [0.717, 1.165) is 18.2 Å². The highest BCUT2D eigenvalue weighted by atomic mass is 79.9. The molecule has 0 saturated carbocycles. The summed E-state index contributed by atoms with van der Waals surface area (Å²) in [6.45, 7) is 0. The van der Waals surface area contributed by atoms with Crippen molar-refractivity contribution in [2.75, 3.05) is 5.32 Å². The van der Waals surface area contributed by atoms with Crippen LogP contribution >= 0.6 is 15.9 Å². The van der Waals surface area contributed by atoms with Crippen LogP contribution in [0, 0.1) is 21.7 Å². The Morgan fingerprint density at radius 3 is 2.43 bits per heavy atom. The van der Waals surface area contributed by atoms with Crippen molar-refractivity contribution in [2.24, 2.45) is 0 Å². The number of hydrogen-bond acceptors (Lipinski definition) is 3. The van der Waals surface area contributed by atoms with E-state index in [2.05, 4.69) is 21.2 Å². The lowest BCUT2D eigenvalue weighted by Crippen LogP contribution is -2.12. The van der Waals surface area contributed by atoms with E-state index >= 15 is 0 Å². The van der Waals surface area contributed by atoms with E-state index in [1.165, 1.54) is 18.2 Å². The van der Waals surface area contributed by atoms with Crippen LogP contribution in [0.4, 0.5) is 20.2 Å². The molecule has 0 unspecified atom stereocenters. The maximum absolute atomic E-state index is 13.4. The lowest BCUT2D eigenvalue weighted by atomic mass is 10.2. The van der Waals surface area contributed by atoms with Crippen LogP contribution in [0.3, 0.4) is 0 Å². The number of rotatable bonds is 3. The molecule has 0 spiro atoms. The van der Waals surface area contributed by atoms with E-state index in [0.29, 0.717) is 0 Å². The second-order valence-corrected chi connectivity index (χ2v) is 4.86. The molecule has 5 nitrogen and oxygen atoms in total. The van der Waals surface area contributed by atoms with Crippen LogP contribution in [0.5, 0.6) is 0 Å². The molecular formula is C13H7BrF2N2O3. The SMILES string of the molecule is O=C(Nc1ccc([N+](=O)[O-])c(F)c1)c1ccc(F)c(Br)c1. The van der Waals surface area contributed by atoms with Crippen LogP contribution in [0.25, 0.3) is 0 Å². The summed E-state index contributed by atoms with van der Waals surface area (Å²) in [5.41, 5.74) is -0.469. The first kappa shape index (κ1) is 15.0. The summed E-state index contributed by atoms with van der Waals surface area (Å²) in [5, 5.41) is 12.9. The molecule has 0 bridgehead atoms. The summed E-state index contributed by atoms with van der Waals surface area (Å²) in [7, 11) is 0. The molecule has 8 heteroatoms. The van der Waals surface area contributed by atoms with Gasteiger partial charge in [0.2, 0.25) is 5.82 Å². The zero-order valence-corrected chi connectivity index (χ0v) is 11.9. The van der Waals surface area contributed by atoms with E-state index in [1.54, 1.807) is 0 Å².